The van der Waals surface area contributed by atoms with Crippen LogP contribution in [0.4, 0.5) is 5.88 Å². The van der Waals surface area contributed by atoms with E-state index in [0.717, 1.165) is 5.69 Å². The number of aromatic nitrogens is 1. The lowest BCUT2D eigenvalue weighted by Crippen LogP contribution is -2.01. The molecule has 0 atom stereocenters. The fourth-order valence-corrected chi connectivity index (χ4v) is 1.57. The molecule has 0 aliphatic carbocycles. The van der Waals surface area contributed by atoms with E-state index in [1.165, 1.54) is 0 Å². The monoisotopic (exact) mass is 272 g/mol. The Kier molecular flexibility index (Phi) is 3.76. The smallest absolute Gasteiger partial charge is 0.222 e. The Labute approximate surface area is 108 Å². The molecule has 2 rings (SSSR count). The number of rotatable bonds is 4. The Morgan fingerprint density at radius 1 is 1.24 bits per heavy atom. The molecule has 0 fully saturated rings. The van der Waals surface area contributed by atoms with Gasteiger partial charge in [0.25, 0.3) is 0 Å². The molecule has 0 saturated heterocycles. The summed E-state index contributed by atoms with van der Waals surface area (Å²) in [5.74, 6) is 0.963. The number of benzene rings is 1. The molecule has 0 bridgehead atoms. The summed E-state index contributed by atoms with van der Waals surface area (Å²) in [5.41, 5.74) is 6.15. The topological polar surface area (TPSA) is 61.3 Å². The first kappa shape index (κ1) is 12.1. The van der Waals surface area contributed by atoms with Crippen LogP contribution in [0.3, 0.4) is 0 Å². The maximum atomic E-state index is 5.86. The van der Waals surface area contributed by atoms with E-state index in [1.807, 2.05) is 0 Å². The quantitative estimate of drug-likeness (QED) is 0.929. The highest BCUT2D eigenvalue weighted by atomic mass is 35.5. The van der Waals surface area contributed by atoms with Crippen LogP contribution in [-0.4, -0.2) is 11.8 Å². The summed E-state index contributed by atoms with van der Waals surface area (Å²) in [4.78, 5) is 0. The molecule has 0 spiro atoms. The van der Waals surface area contributed by atoms with E-state index < -0.39 is 0 Å². The number of halogens is 2. The van der Waals surface area contributed by atoms with Gasteiger partial charge in [-0.05, 0) is 12.1 Å². The van der Waals surface area contributed by atoms with Crippen molar-refractivity contribution < 1.29 is 9.26 Å². The number of hydrogen-bond donors (Lipinski definition) is 1. The summed E-state index contributed by atoms with van der Waals surface area (Å²) in [6.45, 7) is 0.462. The van der Waals surface area contributed by atoms with Crippen molar-refractivity contribution in [3.63, 3.8) is 0 Å². The van der Waals surface area contributed by atoms with E-state index >= 15 is 0 Å². The second-order valence-corrected chi connectivity index (χ2v) is 4.21. The lowest BCUT2D eigenvalue weighted by atomic mass is 10.3. The molecule has 1 aromatic heterocycles. The zero-order chi connectivity index (χ0) is 12.3. The molecular formula is C11H10Cl2N2O2. The van der Waals surface area contributed by atoms with Gasteiger partial charge in [0.1, 0.15) is 5.75 Å². The van der Waals surface area contributed by atoms with Gasteiger partial charge >= 0.3 is 0 Å². The van der Waals surface area contributed by atoms with E-state index in [2.05, 4.69) is 5.16 Å². The standard InChI is InChI=1S/C11H10Cl2N2O2/c12-9-2-1-8(6-10(9)13)16-4-3-7-5-11(14)17-15-7/h1-2,5-6H,3-4,14H2. The van der Waals surface area contributed by atoms with E-state index in [-0.39, 0.29) is 0 Å². The highest BCUT2D eigenvalue weighted by Crippen LogP contribution is 2.26. The van der Waals surface area contributed by atoms with Crippen molar-refractivity contribution in [2.45, 2.75) is 6.42 Å². The predicted octanol–water partition coefficient (Wildman–Crippen LogP) is 3.19. The first-order valence-corrected chi connectivity index (χ1v) is 5.69. The second-order valence-electron chi connectivity index (χ2n) is 3.39. The number of ether oxygens (including phenoxy) is 1. The first-order valence-electron chi connectivity index (χ1n) is 4.94. The van der Waals surface area contributed by atoms with Gasteiger partial charge in [-0.15, -0.1) is 0 Å². The Balaban J connectivity index is 1.87. The van der Waals surface area contributed by atoms with Crippen molar-refractivity contribution in [3.05, 3.63) is 40.0 Å². The number of hydrogen-bond acceptors (Lipinski definition) is 4. The highest BCUT2D eigenvalue weighted by molar-refractivity contribution is 6.42. The lowest BCUT2D eigenvalue weighted by molar-refractivity contribution is 0.316. The molecule has 17 heavy (non-hydrogen) atoms. The van der Waals surface area contributed by atoms with E-state index in [4.69, 9.17) is 38.2 Å². The molecule has 0 aliphatic heterocycles. The summed E-state index contributed by atoms with van der Waals surface area (Å²) in [5, 5.41) is 4.72. The predicted molar refractivity (Wildman–Crippen MR) is 66.6 cm³/mol. The molecule has 2 N–H and O–H groups in total. The van der Waals surface area contributed by atoms with Crippen molar-refractivity contribution in [1.82, 2.24) is 5.16 Å². The molecule has 0 amide bonds. The van der Waals surface area contributed by atoms with Gasteiger partial charge in [0.05, 0.1) is 22.3 Å². The van der Waals surface area contributed by atoms with Gasteiger partial charge in [-0.3, -0.25) is 0 Å². The van der Waals surface area contributed by atoms with Gasteiger partial charge in [-0.2, -0.15) is 0 Å². The molecule has 90 valence electrons. The average molecular weight is 273 g/mol. The minimum atomic E-state index is 0.300. The highest BCUT2D eigenvalue weighted by Gasteiger charge is 2.03. The second kappa shape index (κ2) is 5.29. The molecule has 1 aromatic carbocycles. The largest absolute Gasteiger partial charge is 0.493 e. The Morgan fingerprint density at radius 2 is 2.06 bits per heavy atom. The number of nitrogen functional groups attached to an aromatic ring is 1. The Hall–Kier alpha value is -1.39. The van der Waals surface area contributed by atoms with Crippen LogP contribution in [0.1, 0.15) is 5.69 Å². The summed E-state index contributed by atoms with van der Waals surface area (Å²) >= 11 is 11.6. The fourth-order valence-electron chi connectivity index (χ4n) is 1.29. The third-order valence-electron chi connectivity index (χ3n) is 2.10. The van der Waals surface area contributed by atoms with Gasteiger partial charge in [0.15, 0.2) is 0 Å². The van der Waals surface area contributed by atoms with E-state index in [0.29, 0.717) is 34.7 Å². The molecule has 6 heteroatoms. The lowest BCUT2D eigenvalue weighted by Gasteiger charge is -2.05. The zero-order valence-electron chi connectivity index (χ0n) is 8.82. The third-order valence-corrected chi connectivity index (χ3v) is 2.83. The summed E-state index contributed by atoms with van der Waals surface area (Å²) < 4.78 is 10.2. The molecule has 1 heterocycles. The molecule has 0 radical (unpaired) electrons. The SMILES string of the molecule is Nc1cc(CCOc2ccc(Cl)c(Cl)c2)no1. The van der Waals surface area contributed by atoms with Gasteiger partial charge < -0.3 is 15.0 Å². The molecular weight excluding hydrogens is 263 g/mol. The van der Waals surface area contributed by atoms with Crippen LogP contribution in [0, 0.1) is 0 Å². The molecule has 0 saturated carbocycles. The first-order chi connectivity index (χ1) is 8.15. The maximum absolute atomic E-state index is 5.86. The zero-order valence-corrected chi connectivity index (χ0v) is 10.3. The molecule has 0 aliphatic rings. The third kappa shape index (κ3) is 3.28. The van der Waals surface area contributed by atoms with E-state index in [9.17, 15) is 0 Å². The normalized spacial score (nSPS) is 10.5. The van der Waals surface area contributed by atoms with Crippen LogP contribution in [0.5, 0.6) is 5.75 Å². The van der Waals surface area contributed by atoms with Crippen molar-refractivity contribution in [3.8, 4) is 5.75 Å². The van der Waals surface area contributed by atoms with Gasteiger partial charge in [0, 0.05) is 18.6 Å². The van der Waals surface area contributed by atoms with Gasteiger partial charge in [-0.1, -0.05) is 28.4 Å². The van der Waals surface area contributed by atoms with Crippen molar-refractivity contribution >= 4 is 29.1 Å². The van der Waals surface area contributed by atoms with Crippen LogP contribution >= 0.6 is 23.2 Å². The summed E-state index contributed by atoms with van der Waals surface area (Å²) in [6.07, 6.45) is 0.612. The van der Waals surface area contributed by atoms with E-state index in [1.54, 1.807) is 24.3 Å². The van der Waals surface area contributed by atoms with Gasteiger partial charge in [0.2, 0.25) is 5.88 Å². The Morgan fingerprint density at radius 3 is 2.71 bits per heavy atom. The van der Waals surface area contributed by atoms with Crippen LogP contribution in [0.2, 0.25) is 10.0 Å². The summed E-state index contributed by atoms with van der Waals surface area (Å²) in [7, 11) is 0. The minimum absolute atomic E-state index is 0.300. The fraction of sp³-hybridized carbons (Fsp3) is 0.182. The maximum Gasteiger partial charge on any atom is 0.222 e. The number of nitrogens with two attached hydrogens (primary N) is 1. The molecule has 0 unspecified atom stereocenters. The Bertz CT molecular complexity index is 514. The number of anilines is 1. The number of nitrogens with zero attached hydrogens (tertiary/aromatic N) is 1. The average Bonchev–Trinajstić information content (AvgIpc) is 2.70. The summed E-state index contributed by atoms with van der Waals surface area (Å²) in [6, 6.07) is 6.78. The minimum Gasteiger partial charge on any atom is -0.493 e. The molecule has 4 nitrogen and oxygen atoms in total. The van der Waals surface area contributed by atoms with Crippen molar-refractivity contribution in [1.29, 1.82) is 0 Å². The van der Waals surface area contributed by atoms with Crippen LogP contribution in [0.15, 0.2) is 28.8 Å². The van der Waals surface area contributed by atoms with Crippen molar-refractivity contribution in [2.24, 2.45) is 0 Å². The van der Waals surface area contributed by atoms with Crippen molar-refractivity contribution in [2.75, 3.05) is 12.3 Å². The van der Waals surface area contributed by atoms with Crippen LogP contribution in [0.25, 0.3) is 0 Å². The van der Waals surface area contributed by atoms with Crippen LogP contribution < -0.4 is 10.5 Å². The van der Waals surface area contributed by atoms with Gasteiger partial charge in [-0.25, -0.2) is 0 Å². The van der Waals surface area contributed by atoms with Crippen LogP contribution in [-0.2, 0) is 6.42 Å². The molecule has 2 aromatic rings.